The molecule has 6 nitrogen and oxygen atoms in total. The summed E-state index contributed by atoms with van der Waals surface area (Å²) in [6.45, 7) is 0.0393. The second-order valence-corrected chi connectivity index (χ2v) is 7.61. The normalized spacial score (nSPS) is 15.7. The molecule has 2 aromatic heterocycles. The van der Waals surface area contributed by atoms with E-state index >= 15 is 0 Å². The van der Waals surface area contributed by atoms with E-state index in [-0.39, 0.29) is 24.1 Å². The smallest absolute Gasteiger partial charge is 0.416 e. The number of anilines is 1. The van der Waals surface area contributed by atoms with Crippen LogP contribution >= 0.6 is 0 Å². The number of benzene rings is 2. The number of nitrogen functional groups attached to an aromatic ring is 1. The van der Waals surface area contributed by atoms with Crippen molar-refractivity contribution in [2.24, 2.45) is 0 Å². The summed E-state index contributed by atoms with van der Waals surface area (Å²) in [7, 11) is 1.56. The van der Waals surface area contributed by atoms with Gasteiger partial charge in [-0.3, -0.25) is 4.79 Å². The predicted octanol–water partition coefficient (Wildman–Crippen LogP) is 4.43. The summed E-state index contributed by atoms with van der Waals surface area (Å²) in [5.74, 6) is -0.591. The van der Waals surface area contributed by atoms with Gasteiger partial charge in [-0.2, -0.15) is 13.2 Å². The van der Waals surface area contributed by atoms with E-state index in [2.05, 4.69) is 4.98 Å². The molecule has 1 atom stereocenters. The van der Waals surface area contributed by atoms with Crippen LogP contribution in [0.1, 0.15) is 27.5 Å². The third kappa shape index (κ3) is 3.10. The third-order valence-corrected chi connectivity index (χ3v) is 5.66. The first-order valence-electron chi connectivity index (χ1n) is 9.61. The van der Waals surface area contributed by atoms with Crippen LogP contribution in [0.2, 0.25) is 0 Å². The van der Waals surface area contributed by atoms with Crippen LogP contribution in [0.4, 0.5) is 23.4 Å². The number of halogens is 4. The summed E-state index contributed by atoms with van der Waals surface area (Å²) < 4.78 is 59.7. The van der Waals surface area contributed by atoms with Crippen molar-refractivity contribution in [2.75, 3.05) is 19.4 Å². The fourth-order valence-electron chi connectivity index (χ4n) is 3.99. The summed E-state index contributed by atoms with van der Waals surface area (Å²) in [6, 6.07) is 8.71. The molecule has 0 saturated carbocycles. The van der Waals surface area contributed by atoms with Crippen LogP contribution in [0.5, 0.6) is 5.75 Å². The number of hydrogen-bond donors (Lipinski definition) is 1. The minimum absolute atomic E-state index is 0.0393. The first kappa shape index (κ1) is 20.1. The second-order valence-electron chi connectivity index (χ2n) is 7.61. The molecule has 3 heterocycles. The predicted molar refractivity (Wildman–Crippen MR) is 109 cm³/mol. The fraction of sp³-hybridized carbons (Fsp3) is 0.182. The molecule has 4 aromatic rings. The Bertz CT molecular complexity index is 1400. The number of carbonyl (C=O) groups is 1. The number of carbonyl (C=O) groups excluding carboxylic acids is 1. The first-order chi connectivity index (χ1) is 15.1. The Kier molecular flexibility index (Phi) is 4.30. The zero-order valence-electron chi connectivity index (χ0n) is 16.7. The van der Waals surface area contributed by atoms with Gasteiger partial charge < -0.3 is 19.8 Å². The molecule has 2 N–H and O–H groups in total. The molecule has 5 rings (SSSR count). The van der Waals surface area contributed by atoms with Crippen molar-refractivity contribution in [3.63, 3.8) is 0 Å². The molecular weight excluding hydrogens is 428 g/mol. The van der Waals surface area contributed by atoms with Crippen LogP contribution < -0.4 is 10.5 Å². The Labute approximate surface area is 178 Å². The van der Waals surface area contributed by atoms with E-state index in [4.69, 9.17) is 10.5 Å². The molecule has 0 saturated heterocycles. The Hall–Kier alpha value is -3.82. The van der Waals surface area contributed by atoms with Crippen molar-refractivity contribution in [1.29, 1.82) is 0 Å². The van der Waals surface area contributed by atoms with Gasteiger partial charge in [0.15, 0.2) is 0 Å². The van der Waals surface area contributed by atoms with Gasteiger partial charge in [-0.1, -0.05) is 6.07 Å². The number of rotatable bonds is 2. The van der Waals surface area contributed by atoms with Gasteiger partial charge in [0.1, 0.15) is 24.0 Å². The van der Waals surface area contributed by atoms with Gasteiger partial charge in [0, 0.05) is 30.4 Å². The van der Waals surface area contributed by atoms with Crippen LogP contribution in [0.3, 0.4) is 0 Å². The molecule has 0 unspecified atom stereocenters. The largest absolute Gasteiger partial charge is 0.491 e. The number of hydrogen-bond acceptors (Lipinski definition) is 4. The number of aromatic nitrogens is 2. The minimum Gasteiger partial charge on any atom is -0.491 e. The van der Waals surface area contributed by atoms with Gasteiger partial charge in [-0.25, -0.2) is 9.37 Å². The number of fused-ring (bicyclic) bond motifs is 4. The Morgan fingerprint density at radius 1 is 1.19 bits per heavy atom. The molecule has 2 aromatic carbocycles. The van der Waals surface area contributed by atoms with Crippen molar-refractivity contribution in [3.05, 3.63) is 71.2 Å². The van der Waals surface area contributed by atoms with E-state index in [1.807, 2.05) is 0 Å². The number of alkyl halides is 3. The fourth-order valence-corrected chi connectivity index (χ4v) is 3.99. The summed E-state index contributed by atoms with van der Waals surface area (Å²) in [5, 5.41) is 0. The summed E-state index contributed by atoms with van der Waals surface area (Å²) in [4.78, 5) is 18.8. The summed E-state index contributed by atoms with van der Waals surface area (Å²) in [6.07, 6.45) is -3.23. The molecule has 32 heavy (non-hydrogen) atoms. The lowest BCUT2D eigenvalue weighted by atomic mass is 10.0. The second kappa shape index (κ2) is 6.84. The van der Waals surface area contributed by atoms with Crippen LogP contribution in [-0.4, -0.2) is 33.8 Å². The van der Waals surface area contributed by atoms with Crippen LogP contribution in [0.15, 0.2) is 48.7 Å². The van der Waals surface area contributed by atoms with E-state index < -0.39 is 23.6 Å². The number of likely N-dealkylation sites (N-methyl/N-ethyl adjacent to an activating group) is 1. The molecule has 0 aliphatic carbocycles. The van der Waals surface area contributed by atoms with Gasteiger partial charge in [0.25, 0.3) is 5.91 Å². The van der Waals surface area contributed by atoms with Crippen molar-refractivity contribution in [3.8, 4) is 5.75 Å². The van der Waals surface area contributed by atoms with Crippen molar-refractivity contribution >= 4 is 28.3 Å². The molecule has 0 fully saturated rings. The van der Waals surface area contributed by atoms with Gasteiger partial charge in [-0.05, 0) is 30.3 Å². The van der Waals surface area contributed by atoms with Gasteiger partial charge in [-0.15, -0.1) is 0 Å². The third-order valence-electron chi connectivity index (χ3n) is 5.66. The Morgan fingerprint density at radius 3 is 2.72 bits per heavy atom. The van der Waals surface area contributed by atoms with Crippen molar-refractivity contribution in [1.82, 2.24) is 14.3 Å². The van der Waals surface area contributed by atoms with Crippen molar-refractivity contribution < 1.29 is 27.1 Å². The standard InChI is InChI=1S/C22H16F4N4O2/c1-29(18-10-32-19-7-12(22(24,25)26)3-4-14(18)19)21(31)11-2-5-15-16(6-11)30-9-13(23)8-17(30)20(27)28-15/h2-9,18H,10H2,1H3,(H2,27,28)/t18-/m1/s1. The Morgan fingerprint density at radius 2 is 1.97 bits per heavy atom. The number of ether oxygens (including phenoxy) is 1. The van der Waals surface area contributed by atoms with Crippen LogP contribution in [-0.2, 0) is 6.18 Å². The topological polar surface area (TPSA) is 72.9 Å². The number of nitrogens with zero attached hydrogens (tertiary/aromatic N) is 3. The molecule has 1 aliphatic rings. The molecule has 1 aliphatic heterocycles. The lowest BCUT2D eigenvalue weighted by Crippen LogP contribution is -2.32. The van der Waals surface area contributed by atoms with E-state index in [1.165, 1.54) is 27.6 Å². The van der Waals surface area contributed by atoms with Crippen LogP contribution in [0, 0.1) is 5.82 Å². The highest BCUT2D eigenvalue weighted by atomic mass is 19.4. The highest BCUT2D eigenvalue weighted by Crippen LogP contribution is 2.40. The quantitative estimate of drug-likeness (QED) is 0.464. The maximum Gasteiger partial charge on any atom is 0.416 e. The zero-order chi connectivity index (χ0) is 22.8. The van der Waals surface area contributed by atoms with E-state index in [0.29, 0.717) is 27.7 Å². The SMILES string of the molecule is CN(C(=O)c1ccc2nc(N)c3cc(F)cn3c2c1)[C@@H]1COc2cc(C(F)(F)F)ccc21. The van der Waals surface area contributed by atoms with E-state index in [9.17, 15) is 22.4 Å². The number of amides is 1. The summed E-state index contributed by atoms with van der Waals surface area (Å²) in [5.41, 5.74) is 7.25. The average Bonchev–Trinajstić information content (AvgIpc) is 3.35. The van der Waals surface area contributed by atoms with Gasteiger partial charge >= 0.3 is 6.18 Å². The molecular formula is C22H16F4N4O2. The summed E-state index contributed by atoms with van der Waals surface area (Å²) >= 11 is 0. The maximum atomic E-state index is 13.8. The lowest BCUT2D eigenvalue weighted by molar-refractivity contribution is -0.137. The highest BCUT2D eigenvalue weighted by Gasteiger charge is 2.36. The first-order valence-corrected chi connectivity index (χ1v) is 9.61. The van der Waals surface area contributed by atoms with Gasteiger partial charge in [0.05, 0.1) is 28.2 Å². The molecule has 0 bridgehead atoms. The molecule has 0 radical (unpaired) electrons. The molecule has 10 heteroatoms. The molecule has 0 spiro atoms. The monoisotopic (exact) mass is 444 g/mol. The molecule has 1 amide bonds. The Balaban J connectivity index is 1.50. The highest BCUT2D eigenvalue weighted by molar-refractivity contribution is 5.98. The minimum atomic E-state index is -4.48. The zero-order valence-corrected chi connectivity index (χ0v) is 16.7. The van der Waals surface area contributed by atoms with Gasteiger partial charge in [0.2, 0.25) is 0 Å². The lowest BCUT2D eigenvalue weighted by Gasteiger charge is -2.24. The maximum absolute atomic E-state index is 13.8. The average molecular weight is 444 g/mol. The van der Waals surface area contributed by atoms with Crippen LogP contribution in [0.25, 0.3) is 16.6 Å². The van der Waals surface area contributed by atoms with Crippen molar-refractivity contribution in [2.45, 2.75) is 12.2 Å². The molecule has 164 valence electrons. The van der Waals surface area contributed by atoms with E-state index in [1.54, 1.807) is 25.2 Å². The number of nitrogens with two attached hydrogens (primary N) is 1. The van der Waals surface area contributed by atoms with E-state index in [0.717, 1.165) is 12.1 Å².